The number of hydrogen-bond acceptors (Lipinski definition) is 3. The van der Waals surface area contributed by atoms with Crippen LogP contribution in [0, 0.1) is 6.92 Å². The van der Waals surface area contributed by atoms with Crippen molar-refractivity contribution < 1.29 is 0 Å². The van der Waals surface area contributed by atoms with Crippen LogP contribution in [0.5, 0.6) is 0 Å². The zero-order valence-corrected chi connectivity index (χ0v) is 9.17. The molecule has 1 rings (SSSR count). The number of pyridine rings is 1. The predicted molar refractivity (Wildman–Crippen MR) is 61.4 cm³/mol. The van der Waals surface area contributed by atoms with Crippen LogP contribution in [0.4, 0.5) is 11.5 Å². The van der Waals surface area contributed by atoms with Crippen molar-refractivity contribution in [3.8, 4) is 0 Å². The molecule has 1 atom stereocenters. The molecule has 3 N–H and O–H groups in total. The van der Waals surface area contributed by atoms with Crippen LogP contribution in [0.2, 0.25) is 0 Å². The molecular formula is C11H19N3. The average Bonchev–Trinajstić information content (AvgIpc) is 2.12. The van der Waals surface area contributed by atoms with Crippen molar-refractivity contribution in [2.24, 2.45) is 0 Å². The molecule has 0 spiro atoms. The molecule has 0 aliphatic heterocycles. The second kappa shape index (κ2) is 4.84. The number of aromatic nitrogens is 1. The molecule has 1 unspecified atom stereocenters. The molecule has 14 heavy (non-hydrogen) atoms. The van der Waals surface area contributed by atoms with E-state index < -0.39 is 0 Å². The van der Waals surface area contributed by atoms with Crippen molar-refractivity contribution in [3.63, 3.8) is 0 Å². The quantitative estimate of drug-likeness (QED) is 0.772. The van der Waals surface area contributed by atoms with Gasteiger partial charge in [-0.25, -0.2) is 4.98 Å². The van der Waals surface area contributed by atoms with Gasteiger partial charge in [0.05, 0.1) is 11.9 Å². The third-order valence-electron chi connectivity index (χ3n) is 2.27. The lowest BCUT2D eigenvalue weighted by Gasteiger charge is -2.13. The topological polar surface area (TPSA) is 50.9 Å². The van der Waals surface area contributed by atoms with Gasteiger partial charge in [-0.05, 0) is 31.9 Å². The van der Waals surface area contributed by atoms with Gasteiger partial charge >= 0.3 is 0 Å². The summed E-state index contributed by atoms with van der Waals surface area (Å²) < 4.78 is 0. The lowest BCUT2D eigenvalue weighted by atomic mass is 10.2. The van der Waals surface area contributed by atoms with Gasteiger partial charge in [-0.15, -0.1) is 0 Å². The smallest absolute Gasteiger partial charge is 0.126 e. The van der Waals surface area contributed by atoms with Gasteiger partial charge in [-0.2, -0.15) is 0 Å². The number of nitrogen functional groups attached to an aromatic ring is 1. The summed E-state index contributed by atoms with van der Waals surface area (Å²) >= 11 is 0. The summed E-state index contributed by atoms with van der Waals surface area (Å²) in [5.74, 6) is 0.914. The van der Waals surface area contributed by atoms with Gasteiger partial charge in [-0.3, -0.25) is 0 Å². The Morgan fingerprint density at radius 3 is 2.86 bits per heavy atom. The first kappa shape index (κ1) is 10.8. The van der Waals surface area contributed by atoms with Gasteiger partial charge in [0, 0.05) is 6.04 Å². The zero-order valence-electron chi connectivity index (χ0n) is 9.17. The minimum atomic E-state index is 0.468. The van der Waals surface area contributed by atoms with Crippen LogP contribution >= 0.6 is 0 Å². The molecule has 0 fully saturated rings. The number of nitrogens with one attached hydrogen (secondary N) is 1. The summed E-state index contributed by atoms with van der Waals surface area (Å²) in [6.07, 6.45) is 4.05. The third kappa shape index (κ3) is 2.91. The number of nitrogens with zero attached hydrogens (tertiary/aromatic N) is 1. The van der Waals surface area contributed by atoms with Crippen molar-refractivity contribution >= 4 is 11.5 Å². The first-order valence-electron chi connectivity index (χ1n) is 5.12. The van der Waals surface area contributed by atoms with Crippen LogP contribution < -0.4 is 11.1 Å². The fourth-order valence-corrected chi connectivity index (χ4v) is 1.40. The van der Waals surface area contributed by atoms with E-state index in [4.69, 9.17) is 5.73 Å². The van der Waals surface area contributed by atoms with Crippen molar-refractivity contribution in [2.75, 3.05) is 11.1 Å². The molecule has 1 heterocycles. The van der Waals surface area contributed by atoms with E-state index in [9.17, 15) is 0 Å². The van der Waals surface area contributed by atoms with E-state index in [1.54, 1.807) is 6.20 Å². The molecule has 0 aromatic carbocycles. The zero-order chi connectivity index (χ0) is 10.6. The van der Waals surface area contributed by atoms with E-state index >= 15 is 0 Å². The molecule has 1 aromatic heterocycles. The number of nitrogens with two attached hydrogens (primary N) is 1. The van der Waals surface area contributed by atoms with Gasteiger partial charge in [0.1, 0.15) is 5.82 Å². The van der Waals surface area contributed by atoms with Gasteiger partial charge in [0.2, 0.25) is 0 Å². The number of anilines is 2. The Morgan fingerprint density at radius 2 is 2.29 bits per heavy atom. The van der Waals surface area contributed by atoms with Crippen LogP contribution in [0.15, 0.2) is 12.3 Å². The molecule has 0 radical (unpaired) electrons. The number of hydrogen-bond donors (Lipinski definition) is 2. The van der Waals surface area contributed by atoms with E-state index in [1.165, 1.54) is 6.42 Å². The third-order valence-corrected chi connectivity index (χ3v) is 2.27. The van der Waals surface area contributed by atoms with E-state index in [1.807, 2.05) is 13.0 Å². The highest BCUT2D eigenvalue weighted by Crippen LogP contribution is 2.14. The van der Waals surface area contributed by atoms with E-state index in [0.717, 1.165) is 23.5 Å². The molecule has 3 heteroatoms. The van der Waals surface area contributed by atoms with Gasteiger partial charge < -0.3 is 11.1 Å². The van der Waals surface area contributed by atoms with Crippen LogP contribution in [0.25, 0.3) is 0 Å². The maximum Gasteiger partial charge on any atom is 0.126 e. The summed E-state index contributed by atoms with van der Waals surface area (Å²) in [5, 5.41) is 3.34. The second-order valence-corrected chi connectivity index (χ2v) is 3.76. The molecule has 0 aliphatic carbocycles. The molecule has 1 aromatic rings. The van der Waals surface area contributed by atoms with Crippen LogP contribution in [-0.2, 0) is 0 Å². The number of rotatable bonds is 4. The van der Waals surface area contributed by atoms with Crippen molar-refractivity contribution in [3.05, 3.63) is 17.8 Å². The molecule has 3 nitrogen and oxygen atoms in total. The standard InChI is InChI=1S/C11H19N3/c1-4-5-9(3)14-11-6-8(2)10(12)7-13-11/h6-7,9H,4-5,12H2,1-3H3,(H,13,14). The highest BCUT2D eigenvalue weighted by molar-refractivity contribution is 5.51. The highest BCUT2D eigenvalue weighted by atomic mass is 15.0. The summed E-state index contributed by atoms with van der Waals surface area (Å²) in [7, 11) is 0. The first-order chi connectivity index (χ1) is 6.63. The van der Waals surface area contributed by atoms with Crippen LogP contribution in [0.3, 0.4) is 0 Å². The Hall–Kier alpha value is -1.25. The maximum atomic E-state index is 5.69. The first-order valence-corrected chi connectivity index (χ1v) is 5.12. The summed E-state index contributed by atoms with van der Waals surface area (Å²) in [4.78, 5) is 4.23. The predicted octanol–water partition coefficient (Wildman–Crippen LogP) is 2.57. The normalized spacial score (nSPS) is 12.5. The largest absolute Gasteiger partial charge is 0.397 e. The van der Waals surface area contributed by atoms with Crippen molar-refractivity contribution in [1.29, 1.82) is 0 Å². The fraction of sp³-hybridized carbons (Fsp3) is 0.545. The minimum absolute atomic E-state index is 0.468. The Morgan fingerprint density at radius 1 is 1.57 bits per heavy atom. The SMILES string of the molecule is CCCC(C)Nc1cc(C)c(N)cn1. The lowest BCUT2D eigenvalue weighted by molar-refractivity contribution is 0.687. The van der Waals surface area contributed by atoms with Gasteiger partial charge in [-0.1, -0.05) is 13.3 Å². The molecule has 0 saturated heterocycles. The van der Waals surface area contributed by atoms with E-state index in [-0.39, 0.29) is 0 Å². The minimum Gasteiger partial charge on any atom is -0.397 e. The van der Waals surface area contributed by atoms with E-state index in [0.29, 0.717) is 6.04 Å². The average molecular weight is 193 g/mol. The Labute approximate surface area is 85.7 Å². The van der Waals surface area contributed by atoms with Crippen LogP contribution in [-0.4, -0.2) is 11.0 Å². The lowest BCUT2D eigenvalue weighted by Crippen LogP contribution is -2.15. The Bertz CT molecular complexity index is 297. The molecule has 0 saturated carbocycles. The maximum absolute atomic E-state index is 5.69. The second-order valence-electron chi connectivity index (χ2n) is 3.76. The molecule has 0 bridgehead atoms. The van der Waals surface area contributed by atoms with Gasteiger partial charge in [0.15, 0.2) is 0 Å². The molecule has 78 valence electrons. The molecule has 0 aliphatic rings. The van der Waals surface area contributed by atoms with Gasteiger partial charge in [0.25, 0.3) is 0 Å². The molecule has 0 amide bonds. The Balaban J connectivity index is 2.63. The van der Waals surface area contributed by atoms with Crippen LogP contribution in [0.1, 0.15) is 32.3 Å². The summed E-state index contributed by atoms with van der Waals surface area (Å²) in [6, 6.07) is 2.46. The van der Waals surface area contributed by atoms with E-state index in [2.05, 4.69) is 24.1 Å². The van der Waals surface area contributed by atoms with Crippen molar-refractivity contribution in [2.45, 2.75) is 39.7 Å². The monoisotopic (exact) mass is 193 g/mol. The summed E-state index contributed by atoms with van der Waals surface area (Å²) in [6.45, 7) is 6.34. The molecular weight excluding hydrogens is 174 g/mol. The number of aryl methyl sites for hydroxylation is 1. The fourth-order valence-electron chi connectivity index (χ4n) is 1.40. The van der Waals surface area contributed by atoms with Crippen molar-refractivity contribution in [1.82, 2.24) is 4.98 Å². The Kier molecular flexibility index (Phi) is 3.74. The highest BCUT2D eigenvalue weighted by Gasteiger charge is 2.02. The summed E-state index contributed by atoms with van der Waals surface area (Å²) in [5.41, 5.74) is 7.51.